The number of hydrogen-bond donors (Lipinski definition) is 0. The number of rotatable bonds is 6. The minimum atomic E-state index is -0.568. The van der Waals surface area contributed by atoms with E-state index in [9.17, 15) is 14.9 Å². The molecule has 3 aromatic rings. The molecule has 0 spiro atoms. The number of cyclic esters (lactones) is 1. The van der Waals surface area contributed by atoms with Crippen LogP contribution in [0, 0.1) is 17.2 Å². The van der Waals surface area contributed by atoms with E-state index in [1.54, 1.807) is 6.07 Å². The molecule has 2 heterocycles. The average Bonchev–Trinajstić information content (AvgIpc) is 3.48. The maximum Gasteiger partial charge on any atom is 0.416 e. The molecular weight excluding hydrogens is 438 g/mol. The van der Waals surface area contributed by atoms with Crippen LogP contribution < -0.4 is 0 Å². The molecule has 6 heteroatoms. The predicted molar refractivity (Wildman–Crippen MR) is 131 cm³/mol. The molecule has 35 heavy (non-hydrogen) atoms. The minimum absolute atomic E-state index is 0.120. The average molecular weight is 466 g/mol. The molecule has 176 valence electrons. The normalized spacial score (nSPS) is 22.1. The number of amides is 2. The first-order chi connectivity index (χ1) is 17.1. The Hall–Kier alpha value is -3.95. The number of carbonyl (C=O) groups excluding carboxylic acids is 2. The van der Waals surface area contributed by atoms with E-state index in [1.165, 1.54) is 10.5 Å². The van der Waals surface area contributed by atoms with Crippen molar-refractivity contribution in [3.63, 3.8) is 0 Å². The second kappa shape index (κ2) is 10.1. The fourth-order valence-electron chi connectivity index (χ4n) is 5.23. The molecule has 2 aliphatic rings. The van der Waals surface area contributed by atoms with Crippen molar-refractivity contribution in [1.29, 1.82) is 5.26 Å². The number of carbonyl (C=O) groups is 2. The van der Waals surface area contributed by atoms with Crippen molar-refractivity contribution >= 4 is 12.0 Å². The molecule has 2 fully saturated rings. The summed E-state index contributed by atoms with van der Waals surface area (Å²) in [6.45, 7) is 2.13. The monoisotopic (exact) mass is 465 g/mol. The summed E-state index contributed by atoms with van der Waals surface area (Å²) >= 11 is 0. The highest BCUT2D eigenvalue weighted by Gasteiger charge is 2.46. The van der Waals surface area contributed by atoms with Crippen LogP contribution in [-0.4, -0.2) is 47.5 Å². The quantitative estimate of drug-likeness (QED) is 0.541. The first-order valence-corrected chi connectivity index (χ1v) is 11.9. The van der Waals surface area contributed by atoms with Crippen LogP contribution in [0.1, 0.15) is 28.2 Å². The van der Waals surface area contributed by atoms with Gasteiger partial charge in [-0.05, 0) is 35.2 Å². The summed E-state index contributed by atoms with van der Waals surface area (Å²) in [5.74, 6) is -0.724. The van der Waals surface area contributed by atoms with Crippen LogP contribution >= 0.6 is 0 Å². The largest absolute Gasteiger partial charge is 0.447 e. The molecule has 2 amide bonds. The van der Waals surface area contributed by atoms with E-state index in [-0.39, 0.29) is 24.5 Å². The van der Waals surface area contributed by atoms with Crippen LogP contribution in [0.15, 0.2) is 84.9 Å². The highest BCUT2D eigenvalue weighted by molar-refractivity contribution is 5.95. The van der Waals surface area contributed by atoms with E-state index in [0.717, 1.165) is 17.7 Å². The number of likely N-dealkylation sites (tertiary alicyclic amines) is 1. The fraction of sp³-hybridized carbons (Fsp3) is 0.276. The summed E-state index contributed by atoms with van der Waals surface area (Å²) in [6, 6.07) is 29.4. The number of ether oxygens (including phenoxy) is 1. The van der Waals surface area contributed by atoms with Gasteiger partial charge >= 0.3 is 6.09 Å². The van der Waals surface area contributed by atoms with Gasteiger partial charge in [-0.15, -0.1) is 0 Å². The van der Waals surface area contributed by atoms with Crippen LogP contribution in [0.2, 0.25) is 0 Å². The predicted octanol–water partition coefficient (Wildman–Crippen LogP) is 4.36. The maximum atomic E-state index is 13.9. The molecule has 0 unspecified atom stereocenters. The second-order valence-corrected chi connectivity index (χ2v) is 9.26. The first kappa shape index (κ1) is 22.8. The Labute approximate surface area is 205 Å². The summed E-state index contributed by atoms with van der Waals surface area (Å²) in [6.07, 6.45) is -0.00477. The van der Waals surface area contributed by atoms with Gasteiger partial charge in [0.25, 0.3) is 0 Å². The van der Waals surface area contributed by atoms with Crippen molar-refractivity contribution in [3.8, 4) is 6.07 Å². The van der Waals surface area contributed by atoms with Crippen LogP contribution in [-0.2, 0) is 22.5 Å². The first-order valence-electron chi connectivity index (χ1n) is 11.9. The minimum Gasteiger partial charge on any atom is -0.447 e. The summed E-state index contributed by atoms with van der Waals surface area (Å²) in [5, 5.41) is 9.41. The van der Waals surface area contributed by atoms with Crippen molar-refractivity contribution in [2.45, 2.75) is 24.9 Å². The number of hydrogen-bond acceptors (Lipinski definition) is 5. The Morgan fingerprint density at radius 3 is 2.37 bits per heavy atom. The Balaban J connectivity index is 1.42. The molecule has 6 nitrogen and oxygen atoms in total. The zero-order valence-electron chi connectivity index (χ0n) is 19.4. The smallest absolute Gasteiger partial charge is 0.416 e. The van der Waals surface area contributed by atoms with Crippen molar-refractivity contribution in [1.82, 2.24) is 9.80 Å². The summed E-state index contributed by atoms with van der Waals surface area (Å²) in [7, 11) is 0. The van der Waals surface area contributed by atoms with Crippen LogP contribution in [0.5, 0.6) is 0 Å². The third-order valence-electron chi connectivity index (χ3n) is 6.92. The van der Waals surface area contributed by atoms with Gasteiger partial charge in [0.15, 0.2) is 0 Å². The standard InChI is InChI=1S/C29H27N3O3/c30-16-23-12-7-13-24(14-23)26-18-31(17-22-10-5-2-6-11-22)19-27(26)28(33)32-25(20-35-29(32)34)15-21-8-3-1-4-9-21/h1-14,25-27H,15,17-20H2/t25-,26-,27+/m0/s1. The van der Waals surface area contributed by atoms with Crippen LogP contribution in [0.3, 0.4) is 0 Å². The lowest BCUT2D eigenvalue weighted by Gasteiger charge is -2.26. The third-order valence-corrected chi connectivity index (χ3v) is 6.92. The van der Waals surface area contributed by atoms with E-state index in [4.69, 9.17) is 4.74 Å². The van der Waals surface area contributed by atoms with Crippen LogP contribution in [0.4, 0.5) is 4.79 Å². The van der Waals surface area contributed by atoms with Gasteiger partial charge in [0.2, 0.25) is 5.91 Å². The van der Waals surface area contributed by atoms with Gasteiger partial charge in [-0.3, -0.25) is 9.69 Å². The van der Waals surface area contributed by atoms with E-state index < -0.39 is 12.0 Å². The van der Waals surface area contributed by atoms with Crippen molar-refractivity contribution < 1.29 is 14.3 Å². The van der Waals surface area contributed by atoms with Gasteiger partial charge in [-0.25, -0.2) is 9.69 Å². The van der Waals surface area contributed by atoms with Gasteiger partial charge < -0.3 is 4.74 Å². The third kappa shape index (κ3) is 4.96. The Morgan fingerprint density at radius 2 is 1.66 bits per heavy atom. The molecule has 2 aliphatic heterocycles. The number of nitrogens with zero attached hydrogens (tertiary/aromatic N) is 3. The van der Waals surface area contributed by atoms with E-state index >= 15 is 0 Å². The molecule has 2 saturated heterocycles. The van der Waals surface area contributed by atoms with Gasteiger partial charge in [0, 0.05) is 25.6 Å². The lowest BCUT2D eigenvalue weighted by atomic mass is 9.87. The van der Waals surface area contributed by atoms with Crippen molar-refractivity contribution in [2.75, 3.05) is 19.7 Å². The molecule has 0 bridgehead atoms. The van der Waals surface area contributed by atoms with Crippen molar-refractivity contribution in [2.24, 2.45) is 5.92 Å². The van der Waals surface area contributed by atoms with E-state index in [0.29, 0.717) is 25.1 Å². The highest BCUT2D eigenvalue weighted by atomic mass is 16.6. The van der Waals surface area contributed by atoms with E-state index in [1.807, 2.05) is 66.7 Å². The molecule has 0 aliphatic carbocycles. The van der Waals surface area contributed by atoms with Crippen molar-refractivity contribution in [3.05, 3.63) is 107 Å². The SMILES string of the molecule is N#Cc1cccc([C@@H]2CN(Cc3ccccc3)C[C@H]2C(=O)N2C(=O)OC[C@@H]2Cc2ccccc2)c1. The number of benzene rings is 3. The number of imide groups is 1. The molecule has 0 radical (unpaired) electrons. The lowest BCUT2D eigenvalue weighted by molar-refractivity contribution is -0.133. The Morgan fingerprint density at radius 1 is 0.943 bits per heavy atom. The summed E-state index contributed by atoms with van der Waals surface area (Å²) < 4.78 is 5.34. The second-order valence-electron chi connectivity index (χ2n) is 9.26. The summed E-state index contributed by atoms with van der Waals surface area (Å²) in [4.78, 5) is 30.2. The van der Waals surface area contributed by atoms with Gasteiger partial charge in [0.1, 0.15) is 6.61 Å². The zero-order chi connectivity index (χ0) is 24.2. The molecule has 0 N–H and O–H groups in total. The highest BCUT2D eigenvalue weighted by Crippen LogP contribution is 2.36. The van der Waals surface area contributed by atoms with Gasteiger partial charge in [-0.2, -0.15) is 5.26 Å². The Bertz CT molecular complexity index is 1240. The van der Waals surface area contributed by atoms with Gasteiger partial charge in [-0.1, -0.05) is 72.8 Å². The fourth-order valence-corrected chi connectivity index (χ4v) is 5.23. The molecular formula is C29H27N3O3. The molecule has 0 aromatic heterocycles. The topological polar surface area (TPSA) is 73.6 Å². The number of nitriles is 1. The van der Waals surface area contributed by atoms with Gasteiger partial charge in [0.05, 0.1) is 23.6 Å². The Kier molecular flexibility index (Phi) is 6.60. The van der Waals surface area contributed by atoms with Crippen LogP contribution in [0.25, 0.3) is 0 Å². The summed E-state index contributed by atoms with van der Waals surface area (Å²) in [5.41, 5.74) is 3.75. The molecule has 5 rings (SSSR count). The lowest BCUT2D eigenvalue weighted by Crippen LogP contribution is -2.45. The molecule has 3 aromatic carbocycles. The molecule has 0 saturated carbocycles. The van der Waals surface area contributed by atoms with E-state index in [2.05, 4.69) is 23.1 Å². The molecule has 3 atom stereocenters. The zero-order valence-corrected chi connectivity index (χ0v) is 19.4. The maximum absolute atomic E-state index is 13.9.